The van der Waals surface area contributed by atoms with Gasteiger partial charge in [0.1, 0.15) is 0 Å². The van der Waals surface area contributed by atoms with E-state index in [9.17, 15) is 14.4 Å². The van der Waals surface area contributed by atoms with Crippen molar-refractivity contribution in [2.45, 2.75) is 13.3 Å². The predicted molar refractivity (Wildman–Crippen MR) is 68.3 cm³/mol. The Morgan fingerprint density at radius 1 is 1.26 bits per heavy atom. The van der Waals surface area contributed by atoms with E-state index in [-0.39, 0.29) is 12.3 Å². The molecule has 0 radical (unpaired) electrons. The first-order chi connectivity index (χ1) is 8.90. The Labute approximate surface area is 110 Å². The second-order valence-electron chi connectivity index (χ2n) is 4.15. The number of carbonyl (C=O) groups excluding carboxylic acids is 1. The molecule has 102 valence electrons. The maximum absolute atomic E-state index is 11.2. The van der Waals surface area contributed by atoms with Crippen molar-refractivity contribution in [1.29, 1.82) is 0 Å². The number of Topliss-reactive ketones (excluding diaryl/α,β-unsaturated/α-hetero) is 1. The molecule has 3 N–H and O–H groups in total. The number of carboxylic acid groups (broad SMARTS) is 2. The van der Waals surface area contributed by atoms with Crippen LogP contribution >= 0.6 is 0 Å². The number of carboxylic acids is 2. The van der Waals surface area contributed by atoms with E-state index >= 15 is 0 Å². The molecule has 0 fully saturated rings. The van der Waals surface area contributed by atoms with Gasteiger partial charge in [-0.1, -0.05) is 12.1 Å². The standard InChI is InChI=1S/C13H15NO5/c1-8(15)9-3-2-4-11(5-9)14-7-10(13(18)19)6-12(16)17/h2-5,10,14H,6-7H2,1H3,(H,16,17)(H,18,19). The molecule has 19 heavy (non-hydrogen) atoms. The van der Waals surface area contributed by atoms with Crippen molar-refractivity contribution in [3.63, 3.8) is 0 Å². The molecule has 1 unspecified atom stereocenters. The van der Waals surface area contributed by atoms with Gasteiger partial charge in [0.2, 0.25) is 0 Å². The summed E-state index contributed by atoms with van der Waals surface area (Å²) in [5, 5.41) is 20.3. The quantitative estimate of drug-likeness (QED) is 0.645. The number of carbonyl (C=O) groups is 3. The number of hydrogen-bond acceptors (Lipinski definition) is 4. The summed E-state index contributed by atoms with van der Waals surface area (Å²) < 4.78 is 0. The Morgan fingerprint density at radius 3 is 2.47 bits per heavy atom. The summed E-state index contributed by atoms with van der Waals surface area (Å²) >= 11 is 0. The lowest BCUT2D eigenvalue weighted by Gasteiger charge is -2.12. The largest absolute Gasteiger partial charge is 0.481 e. The molecule has 1 atom stereocenters. The summed E-state index contributed by atoms with van der Waals surface area (Å²) in [5.41, 5.74) is 1.10. The van der Waals surface area contributed by atoms with Crippen LogP contribution in [0.4, 0.5) is 5.69 Å². The Bertz CT molecular complexity index is 498. The smallest absolute Gasteiger partial charge is 0.308 e. The molecule has 0 bridgehead atoms. The summed E-state index contributed by atoms with van der Waals surface area (Å²) in [6.45, 7) is 1.42. The fraction of sp³-hybridized carbons (Fsp3) is 0.308. The van der Waals surface area contributed by atoms with Crippen LogP contribution in [0, 0.1) is 5.92 Å². The lowest BCUT2D eigenvalue weighted by Crippen LogP contribution is -2.25. The van der Waals surface area contributed by atoms with Crippen LogP contribution in [0.25, 0.3) is 0 Å². The minimum Gasteiger partial charge on any atom is -0.481 e. The zero-order valence-electron chi connectivity index (χ0n) is 10.4. The van der Waals surface area contributed by atoms with Gasteiger partial charge in [-0.15, -0.1) is 0 Å². The van der Waals surface area contributed by atoms with Crippen LogP contribution in [0.5, 0.6) is 0 Å². The van der Waals surface area contributed by atoms with Crippen molar-refractivity contribution >= 4 is 23.4 Å². The van der Waals surface area contributed by atoms with Crippen molar-refractivity contribution in [1.82, 2.24) is 0 Å². The van der Waals surface area contributed by atoms with E-state index in [2.05, 4.69) is 5.32 Å². The van der Waals surface area contributed by atoms with Crippen LogP contribution < -0.4 is 5.32 Å². The average molecular weight is 265 g/mol. The molecule has 1 rings (SSSR count). The Hall–Kier alpha value is -2.37. The molecule has 1 aromatic carbocycles. The molecule has 6 nitrogen and oxygen atoms in total. The number of aliphatic carboxylic acids is 2. The lowest BCUT2D eigenvalue weighted by atomic mass is 10.1. The van der Waals surface area contributed by atoms with Crippen molar-refractivity contribution in [2.75, 3.05) is 11.9 Å². The van der Waals surface area contributed by atoms with Crippen molar-refractivity contribution in [3.8, 4) is 0 Å². The summed E-state index contributed by atoms with van der Waals surface area (Å²) in [5.74, 6) is -3.44. The highest BCUT2D eigenvalue weighted by Crippen LogP contribution is 2.13. The van der Waals surface area contributed by atoms with Gasteiger partial charge >= 0.3 is 11.9 Å². The average Bonchev–Trinajstić information content (AvgIpc) is 2.34. The van der Waals surface area contributed by atoms with Gasteiger partial charge in [0.05, 0.1) is 12.3 Å². The van der Waals surface area contributed by atoms with Gasteiger partial charge in [-0.05, 0) is 19.1 Å². The molecular weight excluding hydrogens is 250 g/mol. The number of hydrogen-bond donors (Lipinski definition) is 3. The fourth-order valence-corrected chi connectivity index (χ4v) is 1.55. The first-order valence-electron chi connectivity index (χ1n) is 5.69. The van der Waals surface area contributed by atoms with Gasteiger partial charge in [-0.2, -0.15) is 0 Å². The van der Waals surface area contributed by atoms with E-state index in [1.54, 1.807) is 24.3 Å². The Balaban J connectivity index is 2.68. The molecule has 6 heteroatoms. The third-order valence-electron chi connectivity index (χ3n) is 2.59. The number of benzene rings is 1. The van der Waals surface area contributed by atoms with Gasteiger partial charge in [-0.25, -0.2) is 0 Å². The van der Waals surface area contributed by atoms with Crippen molar-refractivity contribution in [2.24, 2.45) is 5.92 Å². The molecule has 0 aliphatic rings. The third-order valence-corrected chi connectivity index (χ3v) is 2.59. The topological polar surface area (TPSA) is 104 Å². The molecule has 0 spiro atoms. The summed E-state index contributed by atoms with van der Waals surface area (Å²) in [6, 6.07) is 6.61. The van der Waals surface area contributed by atoms with Crippen LogP contribution in [0.2, 0.25) is 0 Å². The van der Waals surface area contributed by atoms with Gasteiger partial charge < -0.3 is 15.5 Å². The number of ketones is 1. The maximum atomic E-state index is 11.2. The van der Waals surface area contributed by atoms with Crippen LogP contribution in [0.1, 0.15) is 23.7 Å². The van der Waals surface area contributed by atoms with Crippen LogP contribution in [-0.2, 0) is 9.59 Å². The SMILES string of the molecule is CC(=O)c1cccc(NCC(CC(=O)O)C(=O)O)c1. The third kappa shape index (κ3) is 4.79. The minimum absolute atomic E-state index is 0.0109. The summed E-state index contributed by atoms with van der Waals surface area (Å²) in [6.07, 6.45) is -0.450. The molecule has 0 aliphatic carbocycles. The van der Waals surface area contributed by atoms with E-state index in [0.29, 0.717) is 11.3 Å². The normalized spacial score (nSPS) is 11.6. The van der Waals surface area contributed by atoms with Gasteiger partial charge in [0.15, 0.2) is 5.78 Å². The van der Waals surface area contributed by atoms with E-state index in [0.717, 1.165) is 0 Å². The van der Waals surface area contributed by atoms with Crippen LogP contribution in [-0.4, -0.2) is 34.5 Å². The number of nitrogens with one attached hydrogen (secondary N) is 1. The first-order valence-corrected chi connectivity index (χ1v) is 5.69. The van der Waals surface area contributed by atoms with E-state index in [4.69, 9.17) is 10.2 Å². The van der Waals surface area contributed by atoms with Crippen molar-refractivity contribution in [3.05, 3.63) is 29.8 Å². The summed E-state index contributed by atoms with van der Waals surface area (Å²) in [7, 11) is 0. The van der Waals surface area contributed by atoms with E-state index in [1.807, 2.05) is 0 Å². The molecule has 0 heterocycles. The zero-order valence-corrected chi connectivity index (χ0v) is 10.4. The number of rotatable bonds is 7. The van der Waals surface area contributed by atoms with E-state index in [1.165, 1.54) is 6.92 Å². The molecule has 0 saturated heterocycles. The molecule has 1 aromatic rings. The van der Waals surface area contributed by atoms with Crippen molar-refractivity contribution < 1.29 is 24.6 Å². The van der Waals surface area contributed by atoms with E-state index < -0.39 is 24.3 Å². The Kier molecular flexibility index (Phi) is 5.05. The van der Waals surface area contributed by atoms with Gasteiger partial charge in [-0.3, -0.25) is 14.4 Å². The zero-order chi connectivity index (χ0) is 14.4. The van der Waals surface area contributed by atoms with Gasteiger partial charge in [0.25, 0.3) is 0 Å². The molecular formula is C13H15NO5. The molecule has 0 aliphatic heterocycles. The van der Waals surface area contributed by atoms with Crippen LogP contribution in [0.15, 0.2) is 24.3 Å². The maximum Gasteiger partial charge on any atom is 0.308 e. The highest BCUT2D eigenvalue weighted by Gasteiger charge is 2.20. The Morgan fingerprint density at radius 2 is 1.95 bits per heavy atom. The molecule has 0 aromatic heterocycles. The highest BCUT2D eigenvalue weighted by molar-refractivity contribution is 5.94. The second kappa shape index (κ2) is 6.53. The highest BCUT2D eigenvalue weighted by atomic mass is 16.4. The summed E-state index contributed by atoms with van der Waals surface area (Å²) in [4.78, 5) is 32.6. The second-order valence-corrected chi connectivity index (χ2v) is 4.15. The monoisotopic (exact) mass is 265 g/mol. The number of anilines is 1. The molecule has 0 saturated carbocycles. The fourth-order valence-electron chi connectivity index (χ4n) is 1.55. The first kappa shape index (κ1) is 14.7. The lowest BCUT2D eigenvalue weighted by molar-refractivity contribution is -0.147. The molecule has 0 amide bonds. The minimum atomic E-state index is -1.17. The van der Waals surface area contributed by atoms with Gasteiger partial charge in [0, 0.05) is 17.8 Å². The predicted octanol–water partition coefficient (Wildman–Crippen LogP) is 1.48. The van der Waals surface area contributed by atoms with Crippen LogP contribution in [0.3, 0.4) is 0 Å².